The third kappa shape index (κ3) is 3.13. The van der Waals surface area contributed by atoms with Gasteiger partial charge in [-0.1, -0.05) is 19.9 Å². The van der Waals surface area contributed by atoms with E-state index < -0.39 is 0 Å². The molecule has 3 nitrogen and oxygen atoms in total. The highest BCUT2D eigenvalue weighted by atomic mass is 16.5. The Morgan fingerprint density at radius 1 is 1.29 bits per heavy atom. The number of nitrogens with two attached hydrogens (primary N) is 1. The van der Waals surface area contributed by atoms with E-state index in [0.29, 0.717) is 18.5 Å². The normalized spacial score (nSPS) is 12.6. The molecular formula is C14H24N2O. The van der Waals surface area contributed by atoms with Crippen LogP contribution in [0, 0.1) is 5.92 Å². The number of anilines is 1. The zero-order chi connectivity index (χ0) is 13.0. The van der Waals surface area contributed by atoms with E-state index in [1.807, 2.05) is 12.1 Å². The zero-order valence-corrected chi connectivity index (χ0v) is 11.5. The van der Waals surface area contributed by atoms with Crippen molar-refractivity contribution in [2.24, 2.45) is 11.7 Å². The summed E-state index contributed by atoms with van der Waals surface area (Å²) in [5, 5.41) is 0. The number of hydrogen-bond donors (Lipinski definition) is 1. The molecule has 0 saturated carbocycles. The molecule has 0 aromatic heterocycles. The first-order chi connectivity index (χ1) is 8.01. The molecule has 0 aliphatic heterocycles. The van der Waals surface area contributed by atoms with Crippen LogP contribution in [0.5, 0.6) is 5.75 Å². The molecular weight excluding hydrogens is 212 g/mol. The molecule has 96 valence electrons. The Morgan fingerprint density at radius 2 is 1.94 bits per heavy atom. The molecule has 0 fully saturated rings. The summed E-state index contributed by atoms with van der Waals surface area (Å²) >= 11 is 0. The lowest BCUT2D eigenvalue weighted by Crippen LogP contribution is -2.34. The van der Waals surface area contributed by atoms with Gasteiger partial charge >= 0.3 is 0 Å². The van der Waals surface area contributed by atoms with E-state index in [-0.39, 0.29) is 0 Å². The fourth-order valence-corrected chi connectivity index (χ4v) is 1.84. The molecule has 2 N–H and O–H groups in total. The minimum Gasteiger partial charge on any atom is -0.497 e. The summed E-state index contributed by atoms with van der Waals surface area (Å²) in [4.78, 5) is 2.27. The van der Waals surface area contributed by atoms with E-state index in [1.165, 1.54) is 0 Å². The Balaban J connectivity index is 3.09. The summed E-state index contributed by atoms with van der Waals surface area (Å²) in [5.41, 5.74) is 8.10. The second-order valence-electron chi connectivity index (χ2n) is 4.79. The third-order valence-electron chi connectivity index (χ3n) is 3.47. The van der Waals surface area contributed by atoms with Crippen molar-refractivity contribution in [3.05, 3.63) is 23.8 Å². The summed E-state index contributed by atoms with van der Waals surface area (Å²) in [6.07, 6.45) is 0. The summed E-state index contributed by atoms with van der Waals surface area (Å²) in [7, 11) is 3.80. The van der Waals surface area contributed by atoms with Gasteiger partial charge in [-0.05, 0) is 24.5 Å². The first-order valence-electron chi connectivity index (χ1n) is 6.11. The monoisotopic (exact) mass is 236 g/mol. The molecule has 0 aliphatic rings. The Morgan fingerprint density at radius 3 is 2.41 bits per heavy atom. The van der Waals surface area contributed by atoms with E-state index in [1.54, 1.807) is 7.11 Å². The lowest BCUT2D eigenvalue weighted by molar-refractivity contribution is 0.414. The van der Waals surface area contributed by atoms with Crippen LogP contribution in [0.15, 0.2) is 18.2 Å². The largest absolute Gasteiger partial charge is 0.497 e. The van der Waals surface area contributed by atoms with Crippen LogP contribution in [-0.4, -0.2) is 20.2 Å². The maximum absolute atomic E-state index is 5.79. The third-order valence-corrected chi connectivity index (χ3v) is 3.47. The second-order valence-corrected chi connectivity index (χ2v) is 4.79. The van der Waals surface area contributed by atoms with Crippen molar-refractivity contribution < 1.29 is 4.74 Å². The second kappa shape index (κ2) is 5.92. The average molecular weight is 236 g/mol. The van der Waals surface area contributed by atoms with Gasteiger partial charge in [0.1, 0.15) is 5.75 Å². The number of methoxy groups -OCH3 is 1. The van der Waals surface area contributed by atoms with Crippen LogP contribution in [0.1, 0.15) is 26.3 Å². The van der Waals surface area contributed by atoms with Crippen molar-refractivity contribution in [3.63, 3.8) is 0 Å². The van der Waals surface area contributed by atoms with Crippen LogP contribution < -0.4 is 15.4 Å². The summed E-state index contributed by atoms with van der Waals surface area (Å²) < 4.78 is 5.28. The summed E-state index contributed by atoms with van der Waals surface area (Å²) in [5.74, 6) is 1.47. The summed E-state index contributed by atoms with van der Waals surface area (Å²) in [6.45, 7) is 7.23. The molecule has 0 amide bonds. The van der Waals surface area contributed by atoms with Gasteiger partial charge in [0, 0.05) is 31.4 Å². The molecule has 0 aliphatic carbocycles. The van der Waals surface area contributed by atoms with Crippen LogP contribution in [0.2, 0.25) is 0 Å². The maximum Gasteiger partial charge on any atom is 0.120 e. The SMILES string of the molecule is COc1ccc(CN)c(N(C)C(C)C(C)C)c1. The Bertz CT molecular complexity index is 363. The molecule has 1 atom stereocenters. The van der Waals surface area contributed by atoms with Gasteiger partial charge in [-0.25, -0.2) is 0 Å². The maximum atomic E-state index is 5.79. The van der Waals surface area contributed by atoms with E-state index in [2.05, 4.69) is 38.8 Å². The average Bonchev–Trinajstić information content (AvgIpc) is 2.35. The molecule has 1 rings (SSSR count). The standard InChI is InChI=1S/C14H24N2O/c1-10(2)11(3)16(4)14-8-13(17-5)7-6-12(14)9-15/h6-8,10-11H,9,15H2,1-5H3. The quantitative estimate of drug-likeness (QED) is 0.854. The highest BCUT2D eigenvalue weighted by molar-refractivity contribution is 5.57. The van der Waals surface area contributed by atoms with Crippen LogP contribution in [-0.2, 0) is 6.54 Å². The molecule has 1 aromatic rings. The van der Waals surface area contributed by atoms with E-state index in [9.17, 15) is 0 Å². The van der Waals surface area contributed by atoms with Gasteiger partial charge in [-0.3, -0.25) is 0 Å². The first kappa shape index (κ1) is 13.8. The molecule has 0 saturated heterocycles. The van der Waals surface area contributed by atoms with Gasteiger partial charge in [-0.2, -0.15) is 0 Å². The number of nitrogens with zero attached hydrogens (tertiary/aromatic N) is 1. The van der Waals surface area contributed by atoms with Crippen molar-refractivity contribution in [1.82, 2.24) is 0 Å². The topological polar surface area (TPSA) is 38.5 Å². The van der Waals surface area contributed by atoms with Gasteiger partial charge in [0.25, 0.3) is 0 Å². The zero-order valence-electron chi connectivity index (χ0n) is 11.5. The number of rotatable bonds is 5. The minimum absolute atomic E-state index is 0.465. The van der Waals surface area contributed by atoms with Crippen molar-refractivity contribution >= 4 is 5.69 Å². The molecule has 3 heteroatoms. The lowest BCUT2D eigenvalue weighted by atomic mass is 10.0. The highest BCUT2D eigenvalue weighted by Crippen LogP contribution is 2.27. The van der Waals surface area contributed by atoms with E-state index in [4.69, 9.17) is 10.5 Å². The van der Waals surface area contributed by atoms with Gasteiger partial charge in [0.15, 0.2) is 0 Å². The predicted octanol–water partition coefficient (Wildman–Crippen LogP) is 2.63. The molecule has 0 heterocycles. The van der Waals surface area contributed by atoms with Crippen LogP contribution in [0.3, 0.4) is 0 Å². The molecule has 17 heavy (non-hydrogen) atoms. The molecule has 1 unspecified atom stereocenters. The van der Waals surface area contributed by atoms with Crippen LogP contribution >= 0.6 is 0 Å². The molecule has 0 radical (unpaired) electrons. The smallest absolute Gasteiger partial charge is 0.120 e. The van der Waals surface area contributed by atoms with Crippen molar-refractivity contribution in [2.45, 2.75) is 33.4 Å². The van der Waals surface area contributed by atoms with Gasteiger partial charge in [-0.15, -0.1) is 0 Å². The fraction of sp³-hybridized carbons (Fsp3) is 0.571. The first-order valence-corrected chi connectivity index (χ1v) is 6.11. The molecule has 0 bridgehead atoms. The van der Waals surface area contributed by atoms with Crippen molar-refractivity contribution in [3.8, 4) is 5.75 Å². The summed E-state index contributed by atoms with van der Waals surface area (Å²) in [6, 6.07) is 6.52. The Kier molecular flexibility index (Phi) is 4.82. The minimum atomic E-state index is 0.465. The molecule has 0 spiro atoms. The Labute approximate surface area is 105 Å². The van der Waals surface area contributed by atoms with Crippen LogP contribution in [0.4, 0.5) is 5.69 Å². The van der Waals surface area contributed by atoms with Crippen LogP contribution in [0.25, 0.3) is 0 Å². The van der Waals surface area contributed by atoms with Gasteiger partial charge in [0.05, 0.1) is 7.11 Å². The van der Waals surface area contributed by atoms with Gasteiger partial charge in [0.2, 0.25) is 0 Å². The fourth-order valence-electron chi connectivity index (χ4n) is 1.84. The molecule has 1 aromatic carbocycles. The lowest BCUT2D eigenvalue weighted by Gasteiger charge is -2.31. The van der Waals surface area contributed by atoms with E-state index in [0.717, 1.165) is 17.0 Å². The number of hydrogen-bond acceptors (Lipinski definition) is 3. The van der Waals surface area contributed by atoms with Crippen molar-refractivity contribution in [1.29, 1.82) is 0 Å². The Hall–Kier alpha value is -1.22. The highest BCUT2D eigenvalue weighted by Gasteiger charge is 2.16. The van der Waals surface area contributed by atoms with Gasteiger partial charge < -0.3 is 15.4 Å². The number of benzene rings is 1. The predicted molar refractivity (Wildman–Crippen MR) is 73.6 cm³/mol. The van der Waals surface area contributed by atoms with Crippen molar-refractivity contribution in [2.75, 3.05) is 19.1 Å². The van der Waals surface area contributed by atoms with E-state index >= 15 is 0 Å². The number of ether oxygens (including phenoxy) is 1.